The maximum absolute atomic E-state index is 13.7. The van der Waals surface area contributed by atoms with Crippen LogP contribution >= 0.6 is 23.1 Å². The van der Waals surface area contributed by atoms with Crippen LogP contribution in [0.2, 0.25) is 0 Å². The zero-order chi connectivity index (χ0) is 33.8. The van der Waals surface area contributed by atoms with Crippen LogP contribution in [0.5, 0.6) is 5.75 Å². The number of hydrogen-bond acceptors (Lipinski definition) is 9. The Bertz CT molecular complexity index is 1790. The molecular formula is C37H46BrN6O3P. The Balaban J connectivity index is 1.30. The average Bonchev–Trinajstić information content (AvgIpc) is 3.10. The molecule has 254 valence electrons. The Kier molecular flexibility index (Phi) is 10.8. The number of benzene rings is 3. The molecular weight excluding hydrogens is 687 g/mol. The van der Waals surface area contributed by atoms with Gasteiger partial charge in [-0.25, -0.2) is 4.98 Å². The van der Waals surface area contributed by atoms with Crippen molar-refractivity contribution >= 4 is 57.2 Å². The molecule has 0 saturated carbocycles. The van der Waals surface area contributed by atoms with E-state index in [-0.39, 0.29) is 0 Å². The van der Waals surface area contributed by atoms with Gasteiger partial charge in [0.05, 0.1) is 42.3 Å². The van der Waals surface area contributed by atoms with Gasteiger partial charge in [-0.3, -0.25) is 4.90 Å². The van der Waals surface area contributed by atoms with E-state index in [0.29, 0.717) is 22.4 Å². The third-order valence-corrected chi connectivity index (χ3v) is 11.6. The first-order chi connectivity index (χ1) is 23.2. The van der Waals surface area contributed by atoms with Gasteiger partial charge in [-0.1, -0.05) is 43.3 Å². The monoisotopic (exact) mass is 732 g/mol. The normalized spacial score (nSPS) is 17.3. The van der Waals surface area contributed by atoms with E-state index in [2.05, 4.69) is 78.6 Å². The van der Waals surface area contributed by atoms with Crippen LogP contribution in [0.25, 0.3) is 11.1 Å². The summed E-state index contributed by atoms with van der Waals surface area (Å²) in [5.41, 5.74) is 7.18. The van der Waals surface area contributed by atoms with E-state index in [0.717, 1.165) is 84.8 Å². The molecule has 3 aromatic carbocycles. The van der Waals surface area contributed by atoms with Crippen molar-refractivity contribution in [3.8, 4) is 16.9 Å². The number of rotatable bonds is 10. The predicted molar refractivity (Wildman–Crippen MR) is 202 cm³/mol. The fourth-order valence-electron chi connectivity index (χ4n) is 7.07. The minimum Gasteiger partial charge on any atom is -0.494 e. The maximum atomic E-state index is 13.7. The van der Waals surface area contributed by atoms with Crippen molar-refractivity contribution in [1.29, 1.82) is 0 Å². The number of nitrogens with zero attached hydrogens (tertiary/aromatic N) is 4. The predicted octanol–water partition coefficient (Wildman–Crippen LogP) is 8.17. The molecule has 0 amide bonds. The Labute approximate surface area is 293 Å². The zero-order valence-corrected chi connectivity index (χ0v) is 31.0. The van der Waals surface area contributed by atoms with Crippen LogP contribution in [0.15, 0.2) is 65.3 Å². The number of piperidine rings is 1. The second-order valence-electron chi connectivity index (χ2n) is 12.8. The van der Waals surface area contributed by atoms with Crippen molar-refractivity contribution in [3.63, 3.8) is 0 Å². The number of morpholine rings is 1. The van der Waals surface area contributed by atoms with Gasteiger partial charge in [-0.2, -0.15) is 4.98 Å². The van der Waals surface area contributed by atoms with Gasteiger partial charge in [-0.05, 0) is 96.3 Å². The Morgan fingerprint density at radius 2 is 1.79 bits per heavy atom. The Morgan fingerprint density at radius 1 is 1.02 bits per heavy atom. The molecule has 1 aromatic heterocycles. The van der Waals surface area contributed by atoms with E-state index in [1.54, 1.807) is 13.3 Å². The van der Waals surface area contributed by atoms with E-state index in [9.17, 15) is 4.57 Å². The van der Waals surface area contributed by atoms with Crippen LogP contribution in [0.4, 0.5) is 28.8 Å². The summed E-state index contributed by atoms with van der Waals surface area (Å²) in [5, 5.41) is 7.71. The molecule has 1 atom stereocenters. The van der Waals surface area contributed by atoms with Gasteiger partial charge in [0.25, 0.3) is 0 Å². The fraction of sp³-hybridized carbons (Fsp3) is 0.405. The van der Waals surface area contributed by atoms with Gasteiger partial charge in [0.15, 0.2) is 0 Å². The molecule has 2 N–H and O–H groups in total. The van der Waals surface area contributed by atoms with Gasteiger partial charge in [0, 0.05) is 42.9 Å². The maximum Gasteiger partial charge on any atom is 0.229 e. The third-order valence-electron chi connectivity index (χ3n) is 9.33. The standard InChI is InChI=1S/C37H46BrN6O3P/c1-6-26-22-31(33(46-3)23-32(26)44-17-11-10-14-34(44)43-18-20-47-21-19-43)41-37-39-24-29(38)36(42-37)40-30-16-15-28(27-12-8-7-9-13-27)25(2)35(30)48(4,5)45/h7-9,12-13,15-16,22-24,34H,6,10-11,14,17-21H2,1-5H3,(H2,39,40,41,42). The minimum atomic E-state index is -2.68. The molecule has 9 nitrogen and oxygen atoms in total. The van der Waals surface area contributed by atoms with Crippen molar-refractivity contribution in [2.75, 3.05) is 68.8 Å². The highest BCUT2D eigenvalue weighted by Crippen LogP contribution is 2.43. The molecule has 2 aliphatic rings. The molecule has 48 heavy (non-hydrogen) atoms. The molecule has 1 unspecified atom stereocenters. The summed E-state index contributed by atoms with van der Waals surface area (Å²) in [5.74, 6) is 1.73. The number of anilines is 5. The third kappa shape index (κ3) is 7.42. The molecule has 2 saturated heterocycles. The van der Waals surface area contributed by atoms with E-state index >= 15 is 0 Å². The topological polar surface area (TPSA) is 91.8 Å². The molecule has 0 aliphatic carbocycles. The molecule has 0 radical (unpaired) electrons. The van der Waals surface area contributed by atoms with Crippen LogP contribution in [0.1, 0.15) is 37.3 Å². The molecule has 0 spiro atoms. The van der Waals surface area contributed by atoms with Crippen molar-refractivity contribution < 1.29 is 14.0 Å². The summed E-state index contributed by atoms with van der Waals surface area (Å²) in [6.45, 7) is 12.4. The second-order valence-corrected chi connectivity index (χ2v) is 16.8. The summed E-state index contributed by atoms with van der Waals surface area (Å²) in [7, 11) is -0.970. The number of hydrogen-bond donors (Lipinski definition) is 2. The highest BCUT2D eigenvalue weighted by atomic mass is 79.9. The lowest BCUT2D eigenvalue weighted by molar-refractivity contribution is 0.0107. The van der Waals surface area contributed by atoms with Crippen molar-refractivity contribution in [2.24, 2.45) is 0 Å². The van der Waals surface area contributed by atoms with E-state index in [1.165, 1.54) is 24.1 Å². The smallest absolute Gasteiger partial charge is 0.229 e. The van der Waals surface area contributed by atoms with Gasteiger partial charge in [0.2, 0.25) is 5.95 Å². The van der Waals surface area contributed by atoms with Crippen molar-refractivity contribution in [1.82, 2.24) is 14.9 Å². The van der Waals surface area contributed by atoms with Crippen LogP contribution in [0.3, 0.4) is 0 Å². The lowest BCUT2D eigenvalue weighted by Crippen LogP contribution is -2.54. The number of aryl methyl sites for hydroxylation is 1. The van der Waals surface area contributed by atoms with Crippen LogP contribution in [0, 0.1) is 6.92 Å². The Morgan fingerprint density at radius 3 is 2.50 bits per heavy atom. The summed E-state index contributed by atoms with van der Waals surface area (Å²) in [6, 6.07) is 18.6. The lowest BCUT2D eigenvalue weighted by Gasteiger charge is -2.46. The molecule has 6 rings (SSSR count). The van der Waals surface area contributed by atoms with E-state index < -0.39 is 7.14 Å². The quantitative estimate of drug-likeness (QED) is 0.157. The first kappa shape index (κ1) is 34.4. The van der Waals surface area contributed by atoms with Gasteiger partial charge in [0.1, 0.15) is 18.7 Å². The highest BCUT2D eigenvalue weighted by molar-refractivity contribution is 9.10. The summed E-state index contributed by atoms with van der Waals surface area (Å²) >= 11 is 3.63. The van der Waals surface area contributed by atoms with Gasteiger partial charge >= 0.3 is 0 Å². The molecule has 2 aliphatic heterocycles. The number of nitrogens with one attached hydrogen (secondary N) is 2. The summed E-state index contributed by atoms with van der Waals surface area (Å²) in [4.78, 5) is 14.6. The Hall–Kier alpha value is -3.43. The minimum absolute atomic E-state index is 0.358. The summed E-state index contributed by atoms with van der Waals surface area (Å²) in [6.07, 6.45) is 6.52. The van der Waals surface area contributed by atoms with Crippen molar-refractivity contribution in [3.05, 3.63) is 76.4 Å². The fourth-order valence-corrected chi connectivity index (χ4v) is 9.00. The van der Waals surface area contributed by atoms with Gasteiger partial charge in [-0.15, -0.1) is 0 Å². The molecule has 4 aromatic rings. The van der Waals surface area contributed by atoms with Crippen LogP contribution in [-0.4, -0.2) is 74.3 Å². The van der Waals surface area contributed by atoms with Crippen molar-refractivity contribution in [2.45, 2.75) is 45.7 Å². The summed E-state index contributed by atoms with van der Waals surface area (Å²) < 4.78 is 26.0. The SMILES string of the molecule is CCc1cc(Nc2ncc(Br)c(Nc3ccc(-c4ccccc4)c(C)c3P(C)(C)=O)n2)c(OC)cc1N1CCCCC1N1CCOCC1. The first-order valence-electron chi connectivity index (χ1n) is 16.8. The van der Waals surface area contributed by atoms with Gasteiger partial charge < -0.3 is 29.6 Å². The zero-order valence-electron chi connectivity index (χ0n) is 28.6. The largest absolute Gasteiger partial charge is 0.494 e. The van der Waals surface area contributed by atoms with Crippen LogP contribution < -0.4 is 25.6 Å². The number of halogens is 1. The number of aromatic nitrogens is 2. The molecule has 2 fully saturated rings. The van der Waals surface area contributed by atoms with Crippen LogP contribution in [-0.2, 0) is 15.7 Å². The van der Waals surface area contributed by atoms with E-state index in [1.807, 2.05) is 44.5 Å². The highest BCUT2D eigenvalue weighted by Gasteiger charge is 2.31. The first-order valence-corrected chi connectivity index (χ1v) is 20.2. The lowest BCUT2D eigenvalue weighted by atomic mass is 10.00. The second kappa shape index (κ2) is 15.0. The average molecular weight is 734 g/mol. The number of methoxy groups -OCH3 is 1. The number of ether oxygens (including phenoxy) is 2. The van der Waals surface area contributed by atoms with E-state index in [4.69, 9.17) is 14.5 Å². The molecule has 11 heteroatoms. The molecule has 3 heterocycles. The molecule has 0 bridgehead atoms.